The number of amides is 1. The molecular weight excluding hydrogens is 518 g/mol. The molecule has 10 nitrogen and oxygen atoms in total. The molecule has 2 aromatic carbocycles. The van der Waals surface area contributed by atoms with Crippen molar-refractivity contribution in [1.82, 2.24) is 18.9 Å². The molecule has 1 saturated heterocycles. The predicted octanol–water partition coefficient (Wildman–Crippen LogP) is 4.46. The number of para-hydroxylation sites is 2. The standard InChI is InChI=1S/C28H31N5O5S/c1-18-16-19(2)33-27(29-18)25(26(31-33)28(34)30-21-10-6-7-11-22(21)37-3)20-12-13-23(38-4)24(17-20)39(35,36)32-14-8-5-9-15-32/h6-7,10-13,16-17H,5,8-9,14-15H2,1-4H3,(H,30,34). The number of nitrogens with zero attached hydrogens (tertiary/aromatic N) is 4. The summed E-state index contributed by atoms with van der Waals surface area (Å²) in [5.74, 6) is 0.259. The van der Waals surface area contributed by atoms with E-state index >= 15 is 0 Å². The number of ether oxygens (including phenoxy) is 2. The number of piperidine rings is 1. The van der Waals surface area contributed by atoms with Gasteiger partial charge in [0.05, 0.1) is 25.5 Å². The van der Waals surface area contributed by atoms with Crippen LogP contribution in [0.2, 0.25) is 0 Å². The summed E-state index contributed by atoms with van der Waals surface area (Å²) in [6, 6.07) is 13.8. The van der Waals surface area contributed by atoms with E-state index < -0.39 is 15.9 Å². The maximum atomic E-state index is 13.7. The number of carbonyl (C=O) groups excluding carboxylic acids is 1. The first kappa shape index (κ1) is 26.6. The molecule has 11 heteroatoms. The lowest BCUT2D eigenvalue weighted by Crippen LogP contribution is -2.35. The maximum absolute atomic E-state index is 13.7. The van der Waals surface area contributed by atoms with Crippen LogP contribution in [0.25, 0.3) is 16.8 Å². The summed E-state index contributed by atoms with van der Waals surface area (Å²) in [5.41, 5.74) is 3.48. The number of carbonyl (C=O) groups is 1. The normalized spacial score (nSPS) is 14.4. The Hall–Kier alpha value is -3.96. The highest BCUT2D eigenvalue weighted by molar-refractivity contribution is 7.89. The van der Waals surface area contributed by atoms with Crippen molar-refractivity contribution in [3.05, 3.63) is 65.6 Å². The largest absolute Gasteiger partial charge is 0.495 e. The molecule has 4 aromatic rings. The van der Waals surface area contributed by atoms with Crippen molar-refractivity contribution in [2.75, 3.05) is 32.6 Å². The van der Waals surface area contributed by atoms with E-state index in [-0.39, 0.29) is 16.3 Å². The number of hydrogen-bond donors (Lipinski definition) is 1. The van der Waals surface area contributed by atoms with Crippen molar-refractivity contribution in [1.29, 1.82) is 0 Å². The molecule has 204 valence electrons. The number of sulfonamides is 1. The zero-order valence-corrected chi connectivity index (χ0v) is 23.2. The van der Waals surface area contributed by atoms with Crippen LogP contribution in [0.1, 0.15) is 41.1 Å². The average molecular weight is 550 g/mol. The number of aryl methyl sites for hydroxylation is 2. The van der Waals surface area contributed by atoms with Gasteiger partial charge in [-0.3, -0.25) is 4.79 Å². The zero-order chi connectivity index (χ0) is 27.7. The van der Waals surface area contributed by atoms with E-state index in [9.17, 15) is 13.2 Å². The molecule has 0 radical (unpaired) electrons. The van der Waals surface area contributed by atoms with Gasteiger partial charge in [0, 0.05) is 24.5 Å². The van der Waals surface area contributed by atoms with Gasteiger partial charge < -0.3 is 14.8 Å². The number of anilines is 1. The van der Waals surface area contributed by atoms with Gasteiger partial charge in [0.2, 0.25) is 10.0 Å². The van der Waals surface area contributed by atoms with Gasteiger partial charge in [-0.05, 0) is 62.6 Å². The van der Waals surface area contributed by atoms with Crippen LogP contribution in [-0.4, -0.2) is 60.5 Å². The molecule has 1 aliphatic heterocycles. The van der Waals surface area contributed by atoms with Crippen LogP contribution in [0.15, 0.2) is 53.4 Å². The minimum atomic E-state index is -3.83. The van der Waals surface area contributed by atoms with E-state index in [1.54, 1.807) is 40.9 Å². The summed E-state index contributed by atoms with van der Waals surface area (Å²) in [5, 5.41) is 7.50. The van der Waals surface area contributed by atoms with Gasteiger partial charge in [0.25, 0.3) is 5.91 Å². The molecule has 0 saturated carbocycles. The second-order valence-electron chi connectivity index (χ2n) is 9.48. The monoisotopic (exact) mass is 549 g/mol. The average Bonchev–Trinajstić information content (AvgIpc) is 3.33. The second-order valence-corrected chi connectivity index (χ2v) is 11.4. The number of fused-ring (bicyclic) bond motifs is 1. The van der Waals surface area contributed by atoms with E-state index in [1.165, 1.54) is 18.5 Å². The minimum Gasteiger partial charge on any atom is -0.495 e. The fourth-order valence-electron chi connectivity index (χ4n) is 4.95. The zero-order valence-electron chi connectivity index (χ0n) is 22.4. The number of methoxy groups -OCH3 is 2. The molecule has 0 unspecified atom stereocenters. The highest BCUT2D eigenvalue weighted by Gasteiger charge is 2.31. The first-order chi connectivity index (χ1) is 18.7. The summed E-state index contributed by atoms with van der Waals surface area (Å²) in [4.78, 5) is 18.4. The topological polar surface area (TPSA) is 115 Å². The van der Waals surface area contributed by atoms with E-state index in [1.807, 2.05) is 26.0 Å². The molecule has 3 heterocycles. The van der Waals surface area contributed by atoms with Gasteiger partial charge in [0.15, 0.2) is 11.3 Å². The summed E-state index contributed by atoms with van der Waals surface area (Å²) in [7, 11) is -0.864. The minimum absolute atomic E-state index is 0.0456. The lowest BCUT2D eigenvalue weighted by Gasteiger charge is -2.26. The summed E-state index contributed by atoms with van der Waals surface area (Å²) in [6.45, 7) is 4.65. The van der Waals surface area contributed by atoms with Crippen molar-refractivity contribution in [2.45, 2.75) is 38.0 Å². The fourth-order valence-corrected chi connectivity index (χ4v) is 6.65. The van der Waals surface area contributed by atoms with Crippen LogP contribution in [0.3, 0.4) is 0 Å². The Morgan fingerprint density at radius 2 is 1.67 bits per heavy atom. The Labute approximate surface area is 227 Å². The van der Waals surface area contributed by atoms with Crippen molar-refractivity contribution in [2.24, 2.45) is 0 Å². The van der Waals surface area contributed by atoms with E-state index in [0.717, 1.165) is 30.7 Å². The highest BCUT2D eigenvalue weighted by Crippen LogP contribution is 2.36. The van der Waals surface area contributed by atoms with Gasteiger partial charge in [-0.2, -0.15) is 9.40 Å². The molecule has 39 heavy (non-hydrogen) atoms. The third-order valence-corrected chi connectivity index (χ3v) is 8.77. The number of benzene rings is 2. The van der Waals surface area contributed by atoms with Crippen molar-refractivity contribution >= 4 is 27.3 Å². The highest BCUT2D eigenvalue weighted by atomic mass is 32.2. The maximum Gasteiger partial charge on any atom is 0.277 e. The van der Waals surface area contributed by atoms with E-state index in [0.29, 0.717) is 41.3 Å². The Morgan fingerprint density at radius 1 is 0.949 bits per heavy atom. The van der Waals surface area contributed by atoms with Crippen molar-refractivity contribution in [3.8, 4) is 22.6 Å². The molecule has 0 spiro atoms. The van der Waals surface area contributed by atoms with E-state index in [2.05, 4.69) is 15.4 Å². The predicted molar refractivity (Wildman–Crippen MR) is 148 cm³/mol. The number of rotatable bonds is 7. The first-order valence-electron chi connectivity index (χ1n) is 12.7. The smallest absolute Gasteiger partial charge is 0.277 e. The fraction of sp³-hybridized carbons (Fsp3) is 0.321. The molecule has 0 bridgehead atoms. The van der Waals surface area contributed by atoms with Crippen LogP contribution < -0.4 is 14.8 Å². The summed E-state index contributed by atoms with van der Waals surface area (Å²) in [6.07, 6.45) is 2.62. The molecular formula is C28H31N5O5S. The Morgan fingerprint density at radius 3 is 2.38 bits per heavy atom. The van der Waals surface area contributed by atoms with Gasteiger partial charge in [-0.1, -0.05) is 24.6 Å². The number of aromatic nitrogens is 3. The van der Waals surface area contributed by atoms with E-state index in [4.69, 9.17) is 9.47 Å². The molecule has 0 atom stereocenters. The van der Waals surface area contributed by atoms with Crippen LogP contribution in [0.5, 0.6) is 11.5 Å². The summed E-state index contributed by atoms with van der Waals surface area (Å²) < 4.78 is 41.4. The third-order valence-electron chi connectivity index (χ3n) is 6.85. The lowest BCUT2D eigenvalue weighted by molar-refractivity contribution is 0.102. The van der Waals surface area contributed by atoms with Crippen LogP contribution >= 0.6 is 0 Å². The van der Waals surface area contributed by atoms with Gasteiger partial charge in [0.1, 0.15) is 16.4 Å². The lowest BCUT2D eigenvalue weighted by atomic mass is 10.0. The molecule has 1 N–H and O–H groups in total. The molecule has 1 aliphatic rings. The Kier molecular flexibility index (Phi) is 7.28. The van der Waals surface area contributed by atoms with Crippen LogP contribution in [-0.2, 0) is 10.0 Å². The quantitative estimate of drug-likeness (QED) is 0.362. The van der Waals surface area contributed by atoms with Crippen molar-refractivity contribution < 1.29 is 22.7 Å². The molecule has 1 fully saturated rings. The van der Waals surface area contributed by atoms with Crippen LogP contribution in [0.4, 0.5) is 5.69 Å². The molecule has 0 aliphatic carbocycles. The molecule has 1 amide bonds. The Bertz CT molecular complexity index is 1660. The first-order valence-corrected chi connectivity index (χ1v) is 14.2. The van der Waals surface area contributed by atoms with Gasteiger partial charge >= 0.3 is 0 Å². The van der Waals surface area contributed by atoms with Crippen molar-refractivity contribution in [3.63, 3.8) is 0 Å². The van der Waals surface area contributed by atoms with Crippen LogP contribution in [0, 0.1) is 13.8 Å². The third kappa shape index (κ3) is 4.95. The number of nitrogens with one attached hydrogen (secondary N) is 1. The number of hydrogen-bond acceptors (Lipinski definition) is 7. The molecule has 5 rings (SSSR count). The van der Waals surface area contributed by atoms with Gasteiger partial charge in [-0.25, -0.2) is 17.9 Å². The SMILES string of the molecule is COc1ccccc1NC(=O)c1nn2c(C)cc(C)nc2c1-c1ccc(OC)c(S(=O)(=O)N2CCCCC2)c1. The molecule has 2 aromatic heterocycles. The second kappa shape index (κ2) is 10.7. The Balaban J connectivity index is 1.69. The van der Waals surface area contributed by atoms with Gasteiger partial charge in [-0.15, -0.1) is 0 Å². The summed E-state index contributed by atoms with van der Waals surface area (Å²) >= 11 is 0.